The van der Waals surface area contributed by atoms with Crippen LogP contribution < -0.4 is 15.4 Å². The maximum atomic E-state index is 13.2. The molecule has 1 heterocycles. The van der Waals surface area contributed by atoms with Crippen molar-refractivity contribution in [2.45, 2.75) is 19.4 Å². The molecular formula is C22H21FN2O4. The Morgan fingerprint density at radius 1 is 1.03 bits per heavy atom. The molecule has 0 saturated carbocycles. The number of ether oxygens (including phenoxy) is 1. The molecule has 29 heavy (non-hydrogen) atoms. The highest BCUT2D eigenvalue weighted by atomic mass is 19.1. The lowest BCUT2D eigenvalue weighted by atomic mass is 10.2. The lowest BCUT2D eigenvalue weighted by Gasteiger charge is -2.09. The first kappa shape index (κ1) is 20.1. The van der Waals surface area contributed by atoms with Gasteiger partial charge < -0.3 is 19.8 Å². The number of amides is 2. The van der Waals surface area contributed by atoms with E-state index in [1.807, 2.05) is 12.1 Å². The van der Waals surface area contributed by atoms with Gasteiger partial charge in [-0.05, 0) is 48.4 Å². The van der Waals surface area contributed by atoms with Gasteiger partial charge in [-0.3, -0.25) is 9.59 Å². The number of benzene rings is 2. The number of rotatable bonds is 9. The molecule has 6 nitrogen and oxygen atoms in total. The average molecular weight is 396 g/mol. The SMILES string of the molecule is O=C(CCCNC(=O)c1ccco1)Nc1cccc(COc2cccc(F)c2)c1. The molecule has 0 atom stereocenters. The molecule has 0 bridgehead atoms. The largest absolute Gasteiger partial charge is 0.489 e. The number of anilines is 1. The van der Waals surface area contributed by atoms with E-state index in [4.69, 9.17) is 9.15 Å². The lowest BCUT2D eigenvalue weighted by molar-refractivity contribution is -0.116. The summed E-state index contributed by atoms with van der Waals surface area (Å²) in [5.41, 5.74) is 1.49. The van der Waals surface area contributed by atoms with Crippen LogP contribution in [0.5, 0.6) is 5.75 Å². The highest BCUT2D eigenvalue weighted by Gasteiger charge is 2.08. The van der Waals surface area contributed by atoms with Crippen molar-refractivity contribution in [3.63, 3.8) is 0 Å². The fourth-order valence-corrected chi connectivity index (χ4v) is 2.63. The van der Waals surface area contributed by atoms with Crippen LogP contribution in [0.1, 0.15) is 29.0 Å². The van der Waals surface area contributed by atoms with Crippen LogP contribution in [-0.4, -0.2) is 18.4 Å². The molecule has 0 fully saturated rings. The summed E-state index contributed by atoms with van der Waals surface area (Å²) >= 11 is 0. The monoisotopic (exact) mass is 396 g/mol. The summed E-state index contributed by atoms with van der Waals surface area (Å²) in [5.74, 6) is -0.131. The Hall–Kier alpha value is -3.61. The smallest absolute Gasteiger partial charge is 0.286 e. The highest BCUT2D eigenvalue weighted by molar-refractivity contribution is 5.92. The van der Waals surface area contributed by atoms with Crippen LogP contribution in [0.4, 0.5) is 10.1 Å². The Labute approximate surface area is 167 Å². The summed E-state index contributed by atoms with van der Waals surface area (Å²) in [6.45, 7) is 0.625. The normalized spacial score (nSPS) is 10.4. The summed E-state index contributed by atoms with van der Waals surface area (Å²) < 4.78 is 23.8. The predicted molar refractivity (Wildman–Crippen MR) is 106 cm³/mol. The zero-order chi connectivity index (χ0) is 20.5. The Morgan fingerprint density at radius 2 is 1.90 bits per heavy atom. The van der Waals surface area contributed by atoms with Crippen LogP contribution in [0.15, 0.2) is 71.3 Å². The molecule has 0 unspecified atom stereocenters. The average Bonchev–Trinajstić information content (AvgIpc) is 3.25. The van der Waals surface area contributed by atoms with Gasteiger partial charge in [0.25, 0.3) is 5.91 Å². The zero-order valence-electron chi connectivity index (χ0n) is 15.7. The number of carbonyl (C=O) groups is 2. The van der Waals surface area contributed by atoms with Crippen molar-refractivity contribution in [2.24, 2.45) is 0 Å². The summed E-state index contributed by atoms with van der Waals surface area (Å²) in [6.07, 6.45) is 2.20. The zero-order valence-corrected chi connectivity index (χ0v) is 15.7. The second kappa shape index (κ2) is 10.1. The van der Waals surface area contributed by atoms with Crippen molar-refractivity contribution >= 4 is 17.5 Å². The fraction of sp³-hybridized carbons (Fsp3) is 0.182. The third kappa shape index (κ3) is 6.49. The summed E-state index contributed by atoms with van der Waals surface area (Å²) in [6, 6.07) is 16.4. The second-order valence-electron chi connectivity index (χ2n) is 6.33. The third-order valence-corrected chi connectivity index (χ3v) is 4.02. The van der Waals surface area contributed by atoms with Crippen LogP contribution in [-0.2, 0) is 11.4 Å². The van der Waals surface area contributed by atoms with Gasteiger partial charge in [0.1, 0.15) is 18.2 Å². The number of carbonyl (C=O) groups excluding carboxylic acids is 2. The first-order chi connectivity index (χ1) is 14.1. The van der Waals surface area contributed by atoms with Gasteiger partial charge in [0.05, 0.1) is 6.26 Å². The Bertz CT molecular complexity index is 957. The maximum Gasteiger partial charge on any atom is 0.286 e. The standard InChI is InChI=1S/C22H21FN2O4/c23-17-6-2-8-19(14-17)29-15-16-5-1-7-18(13-16)25-21(26)10-3-11-24-22(27)20-9-4-12-28-20/h1-2,4-9,12-14H,3,10-11,15H2,(H,24,27)(H,25,26). The third-order valence-electron chi connectivity index (χ3n) is 4.02. The molecule has 2 amide bonds. The minimum Gasteiger partial charge on any atom is -0.489 e. The number of nitrogens with one attached hydrogen (secondary N) is 2. The Morgan fingerprint density at radius 3 is 2.69 bits per heavy atom. The summed E-state index contributed by atoms with van der Waals surface area (Å²) in [4.78, 5) is 23.8. The van der Waals surface area contributed by atoms with E-state index in [0.717, 1.165) is 5.56 Å². The number of furan rings is 1. The first-order valence-corrected chi connectivity index (χ1v) is 9.19. The van der Waals surface area contributed by atoms with Gasteiger partial charge >= 0.3 is 0 Å². The fourth-order valence-electron chi connectivity index (χ4n) is 2.63. The van der Waals surface area contributed by atoms with Gasteiger partial charge in [0.15, 0.2) is 5.76 Å². The number of hydrogen-bond acceptors (Lipinski definition) is 4. The van der Waals surface area contributed by atoms with E-state index < -0.39 is 0 Å². The molecule has 0 aliphatic carbocycles. The van der Waals surface area contributed by atoms with Gasteiger partial charge in [-0.1, -0.05) is 18.2 Å². The molecule has 1 aromatic heterocycles. The van der Waals surface area contributed by atoms with Crippen molar-refractivity contribution < 1.29 is 23.1 Å². The molecule has 2 aromatic carbocycles. The molecule has 0 spiro atoms. The Balaban J connectivity index is 1.41. The van der Waals surface area contributed by atoms with E-state index in [2.05, 4.69) is 10.6 Å². The van der Waals surface area contributed by atoms with E-state index in [1.54, 1.807) is 36.4 Å². The number of hydrogen-bond donors (Lipinski definition) is 2. The molecule has 3 rings (SSSR count). The van der Waals surface area contributed by atoms with Crippen LogP contribution in [0, 0.1) is 5.82 Å². The van der Waals surface area contributed by atoms with Crippen LogP contribution in [0.3, 0.4) is 0 Å². The highest BCUT2D eigenvalue weighted by Crippen LogP contribution is 2.16. The van der Waals surface area contributed by atoms with Crippen LogP contribution >= 0.6 is 0 Å². The van der Waals surface area contributed by atoms with Gasteiger partial charge in [0.2, 0.25) is 5.91 Å². The van der Waals surface area contributed by atoms with Crippen LogP contribution in [0.2, 0.25) is 0 Å². The molecule has 3 aromatic rings. The van der Waals surface area contributed by atoms with E-state index in [-0.39, 0.29) is 36.4 Å². The second-order valence-corrected chi connectivity index (χ2v) is 6.33. The molecule has 0 aliphatic rings. The Kier molecular flexibility index (Phi) is 7.00. The minimum atomic E-state index is -0.358. The van der Waals surface area contributed by atoms with Gasteiger partial charge in [-0.15, -0.1) is 0 Å². The van der Waals surface area contributed by atoms with Crippen molar-refractivity contribution in [2.75, 3.05) is 11.9 Å². The van der Waals surface area contributed by atoms with Gasteiger partial charge in [-0.25, -0.2) is 4.39 Å². The topological polar surface area (TPSA) is 80.6 Å². The van der Waals surface area contributed by atoms with Crippen molar-refractivity contribution in [3.05, 3.63) is 84.1 Å². The minimum absolute atomic E-state index is 0.152. The summed E-state index contributed by atoms with van der Waals surface area (Å²) in [7, 11) is 0. The molecular weight excluding hydrogens is 375 g/mol. The first-order valence-electron chi connectivity index (χ1n) is 9.19. The van der Waals surface area contributed by atoms with Crippen molar-refractivity contribution in [1.29, 1.82) is 0 Å². The van der Waals surface area contributed by atoms with Crippen molar-refractivity contribution in [1.82, 2.24) is 5.32 Å². The number of halogens is 1. The van der Waals surface area contributed by atoms with E-state index in [9.17, 15) is 14.0 Å². The molecule has 2 N–H and O–H groups in total. The lowest BCUT2D eigenvalue weighted by Crippen LogP contribution is -2.25. The predicted octanol–water partition coefficient (Wildman–Crippen LogP) is 4.15. The van der Waals surface area contributed by atoms with Gasteiger partial charge in [0, 0.05) is 24.7 Å². The maximum absolute atomic E-state index is 13.2. The van der Waals surface area contributed by atoms with E-state index >= 15 is 0 Å². The van der Waals surface area contributed by atoms with Crippen LogP contribution in [0.25, 0.3) is 0 Å². The van der Waals surface area contributed by atoms with Crippen molar-refractivity contribution in [3.8, 4) is 5.75 Å². The van der Waals surface area contributed by atoms with Gasteiger partial charge in [-0.2, -0.15) is 0 Å². The molecule has 150 valence electrons. The van der Waals surface area contributed by atoms with E-state index in [0.29, 0.717) is 24.4 Å². The quantitative estimate of drug-likeness (QED) is 0.533. The molecule has 7 heteroatoms. The molecule has 0 saturated heterocycles. The molecule has 0 radical (unpaired) electrons. The molecule has 0 aliphatic heterocycles. The van der Waals surface area contributed by atoms with E-state index in [1.165, 1.54) is 18.4 Å². The summed E-state index contributed by atoms with van der Waals surface area (Å²) in [5, 5.41) is 5.51.